The summed E-state index contributed by atoms with van der Waals surface area (Å²) in [5.74, 6) is 0.152. The average Bonchev–Trinajstić information content (AvgIpc) is 3.14. The van der Waals surface area contributed by atoms with Crippen molar-refractivity contribution in [1.29, 1.82) is 0 Å². The largest absolute Gasteiger partial charge is 0.444 e. The zero-order chi connectivity index (χ0) is 23.9. The fourth-order valence-corrected chi connectivity index (χ4v) is 3.08. The first-order valence-electron chi connectivity index (χ1n) is 10.5. The zero-order valence-electron chi connectivity index (χ0n) is 19.1. The SMILES string of the molecule is C=CC[C@H](NC(=O)OC(C)(C)C)c1cccc(-c2c(NC[C@H](C)C=C)cnn2C(F)F)c1. The summed E-state index contributed by atoms with van der Waals surface area (Å²) >= 11 is 0. The van der Waals surface area contributed by atoms with Crippen LogP contribution in [0.1, 0.15) is 52.3 Å². The number of anilines is 1. The summed E-state index contributed by atoms with van der Waals surface area (Å²) in [6.45, 7) is 12.5. The van der Waals surface area contributed by atoms with Crippen molar-refractivity contribution < 1.29 is 18.3 Å². The molecule has 0 spiro atoms. The lowest BCUT2D eigenvalue weighted by atomic mass is 9.99. The van der Waals surface area contributed by atoms with Gasteiger partial charge in [-0.1, -0.05) is 37.3 Å². The van der Waals surface area contributed by atoms with E-state index in [2.05, 4.69) is 28.9 Å². The summed E-state index contributed by atoms with van der Waals surface area (Å²) in [6.07, 6.45) is 4.74. The Bertz CT molecular complexity index is 934. The van der Waals surface area contributed by atoms with Crippen LogP contribution < -0.4 is 10.6 Å². The van der Waals surface area contributed by atoms with Crippen LogP contribution in [-0.2, 0) is 4.74 Å². The Morgan fingerprint density at radius 2 is 2.03 bits per heavy atom. The topological polar surface area (TPSA) is 68.2 Å². The van der Waals surface area contributed by atoms with Crippen LogP contribution in [0.3, 0.4) is 0 Å². The number of hydrogen-bond donors (Lipinski definition) is 2. The highest BCUT2D eigenvalue weighted by atomic mass is 19.3. The summed E-state index contributed by atoms with van der Waals surface area (Å²) in [5, 5.41) is 9.88. The second-order valence-electron chi connectivity index (χ2n) is 8.57. The highest BCUT2D eigenvalue weighted by Gasteiger charge is 2.22. The number of nitrogens with one attached hydrogen (secondary N) is 2. The van der Waals surface area contributed by atoms with Gasteiger partial charge in [0.25, 0.3) is 0 Å². The van der Waals surface area contributed by atoms with Crippen LogP contribution in [0.2, 0.25) is 0 Å². The summed E-state index contributed by atoms with van der Waals surface area (Å²) in [4.78, 5) is 12.3. The van der Waals surface area contributed by atoms with Crippen molar-refractivity contribution in [2.24, 2.45) is 5.92 Å². The van der Waals surface area contributed by atoms with Crippen LogP contribution in [-0.4, -0.2) is 28.0 Å². The average molecular weight is 447 g/mol. The second-order valence-corrected chi connectivity index (χ2v) is 8.57. The third-order valence-electron chi connectivity index (χ3n) is 4.65. The van der Waals surface area contributed by atoms with Crippen molar-refractivity contribution in [3.05, 3.63) is 61.3 Å². The number of carbonyl (C=O) groups is 1. The van der Waals surface area contributed by atoms with Crippen LogP contribution in [0.5, 0.6) is 0 Å². The Kier molecular flexibility index (Phi) is 8.57. The first-order valence-corrected chi connectivity index (χ1v) is 10.5. The van der Waals surface area contributed by atoms with Crippen LogP contribution in [0, 0.1) is 5.92 Å². The molecule has 1 heterocycles. The standard InChI is InChI=1S/C24H32F2N4O2/c1-7-10-19(29-23(31)32-24(4,5)6)17-11-9-12-18(13-17)21-20(27-14-16(3)8-2)15-28-30(21)22(25)26/h7-9,11-13,15-16,19,22,27H,1-2,10,14H2,3-6H3,(H,29,31)/t16-,19+/m1/s1. The van der Waals surface area contributed by atoms with E-state index in [1.165, 1.54) is 6.20 Å². The molecule has 0 aliphatic heterocycles. The van der Waals surface area contributed by atoms with E-state index in [0.29, 0.717) is 28.9 Å². The molecule has 0 aliphatic rings. The molecule has 8 heteroatoms. The summed E-state index contributed by atoms with van der Waals surface area (Å²) in [7, 11) is 0. The van der Waals surface area contributed by atoms with Crippen molar-refractivity contribution in [3.8, 4) is 11.3 Å². The molecule has 0 aliphatic carbocycles. The Balaban J connectivity index is 2.40. The molecule has 1 amide bonds. The molecule has 2 N–H and O–H groups in total. The molecule has 0 unspecified atom stereocenters. The number of halogens is 2. The van der Waals surface area contributed by atoms with E-state index in [1.807, 2.05) is 13.0 Å². The minimum absolute atomic E-state index is 0.152. The third-order valence-corrected chi connectivity index (χ3v) is 4.65. The lowest BCUT2D eigenvalue weighted by Crippen LogP contribution is -2.34. The molecule has 0 fully saturated rings. The van der Waals surface area contributed by atoms with E-state index in [0.717, 1.165) is 5.56 Å². The number of nitrogens with zero attached hydrogens (tertiary/aromatic N) is 2. The number of rotatable bonds is 10. The van der Waals surface area contributed by atoms with Crippen molar-refractivity contribution in [2.45, 2.75) is 52.3 Å². The first kappa shape index (κ1) is 25.1. The second kappa shape index (κ2) is 10.9. The van der Waals surface area contributed by atoms with E-state index in [-0.39, 0.29) is 11.6 Å². The number of ether oxygens (including phenoxy) is 1. The number of carbonyl (C=O) groups excluding carboxylic acids is 1. The van der Waals surface area contributed by atoms with Gasteiger partial charge in [0.15, 0.2) is 0 Å². The summed E-state index contributed by atoms with van der Waals surface area (Å²) < 4.78 is 33.4. The van der Waals surface area contributed by atoms with Gasteiger partial charge < -0.3 is 15.4 Å². The van der Waals surface area contributed by atoms with Gasteiger partial charge in [0, 0.05) is 12.1 Å². The lowest BCUT2D eigenvalue weighted by Gasteiger charge is -2.24. The van der Waals surface area contributed by atoms with Gasteiger partial charge in [-0.3, -0.25) is 0 Å². The first-order chi connectivity index (χ1) is 15.1. The van der Waals surface area contributed by atoms with Crippen molar-refractivity contribution in [1.82, 2.24) is 15.1 Å². The number of amides is 1. The highest BCUT2D eigenvalue weighted by Crippen LogP contribution is 2.33. The number of benzene rings is 1. The zero-order valence-corrected chi connectivity index (χ0v) is 19.1. The molecule has 2 aromatic rings. The number of alkyl carbamates (subject to hydrolysis) is 1. The number of hydrogen-bond acceptors (Lipinski definition) is 4. The molecule has 1 aromatic heterocycles. The fourth-order valence-electron chi connectivity index (χ4n) is 3.08. The lowest BCUT2D eigenvalue weighted by molar-refractivity contribution is 0.0503. The summed E-state index contributed by atoms with van der Waals surface area (Å²) in [6, 6.07) is 6.66. The van der Waals surface area contributed by atoms with Crippen LogP contribution in [0.25, 0.3) is 11.3 Å². The fraction of sp³-hybridized carbons (Fsp3) is 0.417. The molecule has 0 bridgehead atoms. The number of aromatic nitrogens is 2. The van der Waals surface area contributed by atoms with Gasteiger partial charge in [-0.2, -0.15) is 13.9 Å². The van der Waals surface area contributed by atoms with Crippen molar-refractivity contribution in [3.63, 3.8) is 0 Å². The molecule has 0 radical (unpaired) electrons. The van der Waals surface area contributed by atoms with Crippen molar-refractivity contribution in [2.75, 3.05) is 11.9 Å². The van der Waals surface area contributed by atoms with E-state index in [9.17, 15) is 13.6 Å². The Morgan fingerprint density at radius 1 is 1.31 bits per heavy atom. The van der Waals surface area contributed by atoms with Gasteiger partial charge in [0.1, 0.15) is 5.60 Å². The molecule has 2 rings (SSSR count). The quantitative estimate of drug-likeness (QED) is 0.419. The van der Waals surface area contributed by atoms with Gasteiger partial charge in [-0.05, 0) is 44.7 Å². The molecule has 32 heavy (non-hydrogen) atoms. The predicted octanol–water partition coefficient (Wildman–Crippen LogP) is 6.32. The van der Waals surface area contributed by atoms with Gasteiger partial charge in [0.2, 0.25) is 0 Å². The Hall–Kier alpha value is -3.16. The summed E-state index contributed by atoms with van der Waals surface area (Å²) in [5.41, 5.74) is 1.41. The maximum atomic E-state index is 13.7. The van der Waals surface area contributed by atoms with Crippen molar-refractivity contribution >= 4 is 11.8 Å². The molecule has 1 aromatic carbocycles. The normalized spacial score (nSPS) is 13.3. The maximum absolute atomic E-state index is 13.7. The molecule has 2 atom stereocenters. The minimum Gasteiger partial charge on any atom is -0.444 e. The van der Waals surface area contributed by atoms with E-state index in [4.69, 9.17) is 4.74 Å². The monoisotopic (exact) mass is 446 g/mol. The Labute approximate surface area is 188 Å². The van der Waals surface area contributed by atoms with E-state index in [1.54, 1.807) is 51.1 Å². The van der Waals surface area contributed by atoms with Crippen LogP contribution in [0.4, 0.5) is 19.3 Å². The smallest absolute Gasteiger partial charge is 0.408 e. The Morgan fingerprint density at radius 3 is 2.62 bits per heavy atom. The van der Waals surface area contributed by atoms with Gasteiger partial charge in [-0.25, -0.2) is 9.48 Å². The van der Waals surface area contributed by atoms with Crippen LogP contribution >= 0.6 is 0 Å². The third kappa shape index (κ3) is 6.93. The number of alkyl halides is 2. The van der Waals surface area contributed by atoms with E-state index < -0.39 is 24.3 Å². The molecular formula is C24H32F2N4O2. The maximum Gasteiger partial charge on any atom is 0.408 e. The molecule has 0 saturated carbocycles. The van der Waals surface area contributed by atoms with E-state index >= 15 is 0 Å². The molecule has 174 valence electrons. The van der Waals surface area contributed by atoms with Gasteiger partial charge in [-0.15, -0.1) is 13.2 Å². The molecule has 0 saturated heterocycles. The van der Waals surface area contributed by atoms with Gasteiger partial charge >= 0.3 is 12.6 Å². The van der Waals surface area contributed by atoms with Gasteiger partial charge in [0.05, 0.1) is 23.6 Å². The molecular weight excluding hydrogens is 414 g/mol. The van der Waals surface area contributed by atoms with Crippen LogP contribution in [0.15, 0.2) is 55.8 Å². The minimum atomic E-state index is -2.80. The predicted molar refractivity (Wildman–Crippen MR) is 124 cm³/mol. The highest BCUT2D eigenvalue weighted by molar-refractivity contribution is 5.75. The molecule has 6 nitrogen and oxygen atoms in total.